The predicted octanol–water partition coefficient (Wildman–Crippen LogP) is 2.57. The smallest absolute Gasteiger partial charge is 0.277 e. The molecule has 0 saturated carbocycles. The molecule has 4 amide bonds. The van der Waals surface area contributed by atoms with Crippen LogP contribution in [-0.4, -0.2) is 22.7 Å². The largest absolute Gasteiger partial charge is 0.331 e. The lowest BCUT2D eigenvalue weighted by Crippen LogP contribution is -2.62. The van der Waals surface area contributed by atoms with Crippen molar-refractivity contribution >= 4 is 40.8 Å². The molecule has 0 aliphatic carbocycles. The van der Waals surface area contributed by atoms with Gasteiger partial charge in [-0.15, -0.1) is 11.3 Å². The number of hydrogen-bond donors (Lipinski definition) is 1. The lowest BCUT2D eigenvalue weighted by Gasteiger charge is -2.37. The Morgan fingerprint density at radius 2 is 1.95 bits per heavy atom. The highest BCUT2D eigenvalue weighted by atomic mass is 35.5. The second-order valence-corrected chi connectivity index (χ2v) is 6.62. The molecular formula is C12H13ClN2O3S. The molecule has 7 heteroatoms. The van der Waals surface area contributed by atoms with Gasteiger partial charge < -0.3 is 0 Å². The number of nitrogens with one attached hydrogen (secondary N) is 1. The summed E-state index contributed by atoms with van der Waals surface area (Å²) in [6.45, 7) is 4.72. The van der Waals surface area contributed by atoms with Crippen molar-refractivity contribution in [3.8, 4) is 0 Å². The van der Waals surface area contributed by atoms with Crippen LogP contribution in [0.4, 0.5) is 4.79 Å². The monoisotopic (exact) mass is 300 g/mol. The summed E-state index contributed by atoms with van der Waals surface area (Å²) in [6.07, 6.45) is 0. The second kappa shape index (κ2) is 4.61. The van der Waals surface area contributed by atoms with Crippen molar-refractivity contribution in [3.63, 3.8) is 0 Å². The van der Waals surface area contributed by atoms with Gasteiger partial charge in [0.2, 0.25) is 11.8 Å². The summed E-state index contributed by atoms with van der Waals surface area (Å²) in [7, 11) is 0. The third kappa shape index (κ3) is 2.26. The zero-order valence-corrected chi connectivity index (χ0v) is 12.3. The van der Waals surface area contributed by atoms with Gasteiger partial charge in [-0.3, -0.25) is 19.8 Å². The van der Waals surface area contributed by atoms with Crippen LogP contribution >= 0.6 is 22.9 Å². The number of thiophene rings is 1. The molecule has 5 nitrogen and oxygen atoms in total. The van der Waals surface area contributed by atoms with Gasteiger partial charge in [-0.1, -0.05) is 11.6 Å². The van der Waals surface area contributed by atoms with Crippen molar-refractivity contribution in [2.75, 3.05) is 0 Å². The average molecular weight is 301 g/mol. The summed E-state index contributed by atoms with van der Waals surface area (Å²) in [5.74, 6) is -1.08. The van der Waals surface area contributed by atoms with Crippen molar-refractivity contribution in [3.05, 3.63) is 21.3 Å². The first-order valence-corrected chi connectivity index (χ1v) is 6.89. The van der Waals surface area contributed by atoms with Gasteiger partial charge in [0.05, 0.1) is 10.4 Å². The second-order valence-electron chi connectivity index (χ2n) is 4.88. The Bertz CT molecular complexity index is 567. The van der Waals surface area contributed by atoms with Gasteiger partial charge in [-0.05, 0) is 32.9 Å². The molecule has 1 N–H and O–H groups in total. The number of urea groups is 1. The molecule has 0 spiro atoms. The molecule has 2 heterocycles. The maximum atomic E-state index is 12.3. The van der Waals surface area contributed by atoms with Gasteiger partial charge in [-0.25, -0.2) is 4.79 Å². The van der Waals surface area contributed by atoms with E-state index < -0.39 is 29.3 Å². The molecular weight excluding hydrogens is 288 g/mol. The Hall–Kier alpha value is -1.40. The van der Waals surface area contributed by atoms with Crippen LogP contribution in [0.3, 0.4) is 0 Å². The summed E-state index contributed by atoms with van der Waals surface area (Å²) in [6, 6.07) is 2.33. The molecule has 0 aromatic carbocycles. The molecule has 102 valence electrons. The molecule has 1 aromatic heterocycles. The van der Waals surface area contributed by atoms with E-state index in [0.717, 1.165) is 9.78 Å². The number of imide groups is 2. The first kappa shape index (κ1) is 14.0. The van der Waals surface area contributed by atoms with Crippen LogP contribution < -0.4 is 5.32 Å². The van der Waals surface area contributed by atoms with E-state index in [9.17, 15) is 14.4 Å². The van der Waals surface area contributed by atoms with E-state index in [1.54, 1.807) is 19.1 Å². The lowest BCUT2D eigenvalue weighted by atomic mass is 9.88. The van der Waals surface area contributed by atoms with Gasteiger partial charge in [0.15, 0.2) is 0 Å². The fraction of sp³-hybridized carbons (Fsp3) is 0.417. The third-order valence-electron chi connectivity index (χ3n) is 3.15. The molecule has 2 rings (SSSR count). The van der Waals surface area contributed by atoms with E-state index in [1.807, 2.05) is 0 Å². The zero-order chi connectivity index (χ0) is 14.4. The normalized spacial score (nSPS) is 20.4. The van der Waals surface area contributed by atoms with Crippen LogP contribution in [0.25, 0.3) is 0 Å². The fourth-order valence-electron chi connectivity index (χ4n) is 1.84. The van der Waals surface area contributed by atoms with E-state index in [2.05, 4.69) is 5.32 Å². The summed E-state index contributed by atoms with van der Waals surface area (Å²) in [4.78, 5) is 37.7. The molecule has 1 unspecified atom stereocenters. The molecule has 0 radical (unpaired) electrons. The van der Waals surface area contributed by atoms with Gasteiger partial charge in [0.25, 0.3) is 0 Å². The van der Waals surface area contributed by atoms with Crippen LogP contribution in [0, 0.1) is 5.41 Å². The van der Waals surface area contributed by atoms with Gasteiger partial charge in [0, 0.05) is 4.88 Å². The number of barbiturate groups is 1. The minimum Gasteiger partial charge on any atom is -0.277 e. The Kier molecular flexibility index (Phi) is 3.40. The Labute approximate surface area is 119 Å². The van der Waals surface area contributed by atoms with Gasteiger partial charge >= 0.3 is 6.03 Å². The van der Waals surface area contributed by atoms with Crippen molar-refractivity contribution in [1.29, 1.82) is 0 Å². The quantitative estimate of drug-likeness (QED) is 0.854. The van der Waals surface area contributed by atoms with E-state index in [0.29, 0.717) is 4.34 Å². The summed E-state index contributed by atoms with van der Waals surface area (Å²) < 4.78 is 0.585. The molecule has 1 saturated heterocycles. The standard InChI is InChI=1S/C12H13ClN2O3S/c1-6(7-4-5-8(13)19-7)15-10(17)12(2,3)9(16)14-11(15)18/h4-6H,1-3H3,(H,14,16,18). The third-order valence-corrected chi connectivity index (χ3v) is 4.55. The Morgan fingerprint density at radius 1 is 1.32 bits per heavy atom. The maximum absolute atomic E-state index is 12.3. The highest BCUT2D eigenvalue weighted by Gasteiger charge is 2.48. The van der Waals surface area contributed by atoms with Crippen molar-refractivity contribution in [2.45, 2.75) is 26.8 Å². The Morgan fingerprint density at radius 3 is 2.47 bits per heavy atom. The Balaban J connectivity index is 2.35. The molecule has 19 heavy (non-hydrogen) atoms. The maximum Gasteiger partial charge on any atom is 0.331 e. The van der Waals surface area contributed by atoms with Crippen molar-refractivity contribution in [1.82, 2.24) is 10.2 Å². The van der Waals surface area contributed by atoms with E-state index in [-0.39, 0.29) is 0 Å². The first-order chi connectivity index (χ1) is 8.75. The topological polar surface area (TPSA) is 66.5 Å². The number of hydrogen-bond acceptors (Lipinski definition) is 4. The SMILES string of the molecule is CC(c1ccc(Cl)s1)N1C(=O)NC(=O)C(C)(C)C1=O. The number of nitrogens with zero attached hydrogens (tertiary/aromatic N) is 1. The number of rotatable bonds is 2. The highest BCUT2D eigenvalue weighted by Crippen LogP contribution is 2.34. The highest BCUT2D eigenvalue weighted by molar-refractivity contribution is 7.16. The minimum atomic E-state index is -1.25. The van der Waals surface area contributed by atoms with Gasteiger partial charge in [-0.2, -0.15) is 0 Å². The van der Waals surface area contributed by atoms with Crippen molar-refractivity contribution in [2.24, 2.45) is 5.41 Å². The number of amides is 4. The van der Waals surface area contributed by atoms with E-state index in [4.69, 9.17) is 11.6 Å². The van der Waals surface area contributed by atoms with Crippen LogP contribution in [0.2, 0.25) is 4.34 Å². The zero-order valence-electron chi connectivity index (χ0n) is 10.7. The summed E-state index contributed by atoms with van der Waals surface area (Å²) >= 11 is 7.16. The molecule has 1 fully saturated rings. The van der Waals surface area contributed by atoms with Crippen LogP contribution in [0.5, 0.6) is 0 Å². The average Bonchev–Trinajstić information content (AvgIpc) is 2.74. The molecule has 0 bridgehead atoms. The first-order valence-electron chi connectivity index (χ1n) is 5.69. The number of carbonyl (C=O) groups excluding carboxylic acids is 3. The molecule has 1 aliphatic heterocycles. The molecule has 1 aromatic rings. The van der Waals surface area contributed by atoms with Crippen molar-refractivity contribution < 1.29 is 14.4 Å². The van der Waals surface area contributed by atoms with E-state index in [1.165, 1.54) is 25.2 Å². The van der Waals surface area contributed by atoms with E-state index >= 15 is 0 Å². The number of carbonyl (C=O) groups is 3. The summed E-state index contributed by atoms with van der Waals surface area (Å²) in [5.41, 5.74) is -1.25. The van der Waals surface area contributed by atoms with Gasteiger partial charge in [0.1, 0.15) is 5.41 Å². The molecule has 1 atom stereocenters. The fourth-order valence-corrected chi connectivity index (χ4v) is 2.94. The molecule has 1 aliphatic rings. The summed E-state index contributed by atoms with van der Waals surface area (Å²) in [5, 5.41) is 2.21. The minimum absolute atomic E-state index is 0.461. The number of halogens is 1. The van der Waals surface area contributed by atoms with Crippen LogP contribution in [0.1, 0.15) is 31.7 Å². The lowest BCUT2D eigenvalue weighted by molar-refractivity contribution is -0.150. The van der Waals surface area contributed by atoms with Crippen LogP contribution in [0.15, 0.2) is 12.1 Å². The predicted molar refractivity (Wildman–Crippen MR) is 71.9 cm³/mol. The van der Waals surface area contributed by atoms with Crippen LogP contribution in [-0.2, 0) is 9.59 Å².